The number of benzene rings is 3. The lowest BCUT2D eigenvalue weighted by Gasteiger charge is -2.42. The quantitative estimate of drug-likeness (QED) is 0.155. The summed E-state index contributed by atoms with van der Waals surface area (Å²) in [7, 11) is 1.63. The van der Waals surface area contributed by atoms with E-state index in [1.165, 1.54) is 5.56 Å². The first-order valence-corrected chi connectivity index (χ1v) is 17.9. The fraction of sp³-hybridized carbons (Fsp3) is 0.341. The normalized spacial score (nSPS) is 21.3. The van der Waals surface area contributed by atoms with Crippen LogP contribution >= 0.6 is 11.6 Å². The van der Waals surface area contributed by atoms with E-state index in [0.717, 1.165) is 60.4 Å². The minimum atomic E-state index is -1.05. The van der Waals surface area contributed by atoms with Crippen molar-refractivity contribution in [3.8, 4) is 22.5 Å². The monoisotopic (exact) mass is 689 g/mol. The third-order valence-corrected chi connectivity index (χ3v) is 10.5. The van der Waals surface area contributed by atoms with Crippen LogP contribution in [-0.4, -0.2) is 80.3 Å². The molecule has 3 heterocycles. The molecule has 1 saturated heterocycles. The number of aromatic nitrogens is 3. The Kier molecular flexibility index (Phi) is 10.4. The SMILES string of the molecule is COC[C@]1(O)CCCC[C@H]1n1cnc(C(=O)N2CCN(Cc3ccccc3)C[C@H]2Cc2ccccc2-c2cccc(Cl)n2)c1-c1ccccc1. The summed E-state index contributed by atoms with van der Waals surface area (Å²) in [6.07, 6.45) is 5.72. The Morgan fingerprint density at radius 3 is 2.48 bits per heavy atom. The number of aliphatic hydroxyl groups is 1. The molecule has 1 aliphatic heterocycles. The summed E-state index contributed by atoms with van der Waals surface area (Å²) in [4.78, 5) is 28.9. The number of rotatable bonds is 10. The van der Waals surface area contributed by atoms with Gasteiger partial charge in [0.15, 0.2) is 5.69 Å². The van der Waals surface area contributed by atoms with Crippen LogP contribution in [0.1, 0.15) is 53.3 Å². The Morgan fingerprint density at radius 2 is 1.70 bits per heavy atom. The first-order valence-electron chi connectivity index (χ1n) is 17.5. The van der Waals surface area contributed by atoms with Gasteiger partial charge in [0.2, 0.25) is 0 Å². The molecule has 0 unspecified atom stereocenters. The number of pyridine rings is 1. The number of halogens is 1. The van der Waals surface area contributed by atoms with E-state index in [9.17, 15) is 9.90 Å². The first-order chi connectivity index (χ1) is 24.4. The zero-order valence-corrected chi connectivity index (χ0v) is 29.3. The van der Waals surface area contributed by atoms with E-state index >= 15 is 0 Å². The van der Waals surface area contributed by atoms with Gasteiger partial charge in [-0.2, -0.15) is 0 Å². The predicted octanol–water partition coefficient (Wildman–Crippen LogP) is 7.33. The second kappa shape index (κ2) is 15.3. The molecule has 3 aromatic carbocycles. The Labute approximate surface area is 299 Å². The van der Waals surface area contributed by atoms with Crippen LogP contribution in [0.25, 0.3) is 22.5 Å². The molecule has 2 aromatic heterocycles. The second-order valence-corrected chi connectivity index (χ2v) is 14.0. The molecule has 258 valence electrons. The van der Waals surface area contributed by atoms with Crippen LogP contribution in [0, 0.1) is 0 Å². The zero-order valence-electron chi connectivity index (χ0n) is 28.5. The van der Waals surface area contributed by atoms with Gasteiger partial charge < -0.3 is 19.3 Å². The molecule has 5 aromatic rings. The van der Waals surface area contributed by atoms with Gasteiger partial charge in [-0.05, 0) is 42.5 Å². The molecule has 50 heavy (non-hydrogen) atoms. The minimum Gasteiger partial charge on any atom is -0.385 e. The van der Waals surface area contributed by atoms with Crippen molar-refractivity contribution < 1.29 is 14.6 Å². The predicted molar refractivity (Wildman–Crippen MR) is 197 cm³/mol. The summed E-state index contributed by atoms with van der Waals surface area (Å²) in [5.41, 5.74) is 5.16. The van der Waals surface area contributed by atoms with Gasteiger partial charge in [-0.3, -0.25) is 9.69 Å². The molecule has 9 heteroatoms. The number of ether oxygens (including phenoxy) is 1. The van der Waals surface area contributed by atoms with Crippen molar-refractivity contribution >= 4 is 17.5 Å². The maximum Gasteiger partial charge on any atom is 0.275 e. The molecule has 0 bridgehead atoms. The van der Waals surface area contributed by atoms with Crippen molar-refractivity contribution in [1.29, 1.82) is 0 Å². The van der Waals surface area contributed by atoms with Gasteiger partial charge in [0.05, 0.1) is 30.4 Å². The van der Waals surface area contributed by atoms with Crippen LogP contribution < -0.4 is 0 Å². The molecular formula is C41H44ClN5O3. The van der Waals surface area contributed by atoms with Crippen LogP contribution in [0.3, 0.4) is 0 Å². The Balaban J connectivity index is 1.26. The molecule has 2 aliphatic rings. The molecule has 0 radical (unpaired) electrons. The molecule has 1 amide bonds. The van der Waals surface area contributed by atoms with E-state index in [0.29, 0.717) is 36.8 Å². The summed E-state index contributed by atoms with van der Waals surface area (Å²) in [6.45, 7) is 3.04. The van der Waals surface area contributed by atoms with Crippen LogP contribution in [0.15, 0.2) is 109 Å². The zero-order chi connectivity index (χ0) is 34.5. The molecule has 8 nitrogen and oxygen atoms in total. The standard InChI is InChI=1S/C41H44ClN5O3/c1-50-28-41(49)22-11-10-20-36(41)47-29-43-38(39(47)31-15-6-3-7-16-31)40(48)46-24-23-45(26-30-13-4-2-5-14-30)27-33(46)25-32-17-8-9-18-34(32)35-19-12-21-37(42)44-35/h2-9,12-19,21,29,33,36,49H,10-11,20,22-28H2,1H3/t33-,36-,41-/m1/s1. The summed E-state index contributed by atoms with van der Waals surface area (Å²) in [6, 6.07) is 34.0. The third kappa shape index (κ3) is 7.25. The summed E-state index contributed by atoms with van der Waals surface area (Å²) >= 11 is 6.32. The highest BCUT2D eigenvalue weighted by atomic mass is 35.5. The van der Waals surface area contributed by atoms with E-state index in [1.54, 1.807) is 19.5 Å². The lowest BCUT2D eigenvalue weighted by atomic mass is 9.80. The van der Waals surface area contributed by atoms with Gasteiger partial charge in [0.1, 0.15) is 10.8 Å². The Hall–Kier alpha value is -4.34. The van der Waals surface area contributed by atoms with Gasteiger partial charge >= 0.3 is 0 Å². The van der Waals surface area contributed by atoms with E-state index in [4.69, 9.17) is 21.3 Å². The summed E-state index contributed by atoms with van der Waals surface area (Å²) < 4.78 is 7.57. The second-order valence-electron chi connectivity index (χ2n) is 13.6. The van der Waals surface area contributed by atoms with Crippen LogP contribution in [-0.2, 0) is 17.7 Å². The Bertz CT molecular complexity index is 1900. The van der Waals surface area contributed by atoms with Crippen molar-refractivity contribution in [3.05, 3.63) is 131 Å². The fourth-order valence-electron chi connectivity index (χ4n) is 7.90. The number of piperazine rings is 1. The molecule has 2 fully saturated rings. The largest absolute Gasteiger partial charge is 0.385 e. The number of hydrogen-bond acceptors (Lipinski definition) is 6. The topological polar surface area (TPSA) is 83.7 Å². The van der Waals surface area contributed by atoms with E-state index in [2.05, 4.69) is 46.3 Å². The average molecular weight is 690 g/mol. The van der Waals surface area contributed by atoms with Crippen molar-refractivity contribution in [2.24, 2.45) is 0 Å². The molecule has 0 spiro atoms. The van der Waals surface area contributed by atoms with Crippen LogP contribution in [0.4, 0.5) is 0 Å². The average Bonchev–Trinajstić information content (AvgIpc) is 3.58. The van der Waals surface area contributed by atoms with Gasteiger partial charge in [-0.1, -0.05) is 115 Å². The first kappa shape index (κ1) is 34.1. The molecule has 7 rings (SSSR count). The number of amides is 1. The highest BCUT2D eigenvalue weighted by molar-refractivity contribution is 6.29. The van der Waals surface area contributed by atoms with Crippen molar-refractivity contribution in [1.82, 2.24) is 24.3 Å². The summed E-state index contributed by atoms with van der Waals surface area (Å²) in [5.74, 6) is -0.101. The maximum atomic E-state index is 15.0. The summed E-state index contributed by atoms with van der Waals surface area (Å²) in [5, 5.41) is 12.3. The smallest absolute Gasteiger partial charge is 0.275 e. The highest BCUT2D eigenvalue weighted by Gasteiger charge is 2.42. The fourth-order valence-corrected chi connectivity index (χ4v) is 8.06. The highest BCUT2D eigenvalue weighted by Crippen LogP contribution is 2.41. The lowest BCUT2D eigenvalue weighted by Crippen LogP contribution is -2.55. The van der Waals surface area contributed by atoms with Crippen molar-refractivity contribution in [2.75, 3.05) is 33.4 Å². The Morgan fingerprint density at radius 1 is 0.940 bits per heavy atom. The van der Waals surface area contributed by atoms with E-state index in [-0.39, 0.29) is 24.6 Å². The van der Waals surface area contributed by atoms with Crippen molar-refractivity contribution in [3.63, 3.8) is 0 Å². The lowest BCUT2D eigenvalue weighted by molar-refractivity contribution is -0.0893. The number of carbonyl (C=O) groups is 1. The number of imidazole rings is 1. The van der Waals surface area contributed by atoms with Crippen molar-refractivity contribution in [2.45, 2.75) is 56.3 Å². The van der Waals surface area contributed by atoms with Crippen LogP contribution in [0.2, 0.25) is 5.15 Å². The number of methoxy groups -OCH3 is 1. The van der Waals surface area contributed by atoms with Gasteiger partial charge in [0, 0.05) is 50.5 Å². The minimum absolute atomic E-state index is 0.101. The van der Waals surface area contributed by atoms with E-state index in [1.807, 2.05) is 70.1 Å². The number of nitrogens with zero attached hydrogens (tertiary/aromatic N) is 5. The number of hydrogen-bond donors (Lipinski definition) is 1. The third-order valence-electron chi connectivity index (χ3n) is 10.3. The molecule has 3 atom stereocenters. The molecule has 1 N–H and O–H groups in total. The number of carbonyl (C=O) groups excluding carboxylic acids is 1. The molecular weight excluding hydrogens is 646 g/mol. The van der Waals surface area contributed by atoms with Gasteiger partial charge in [-0.25, -0.2) is 9.97 Å². The van der Waals surface area contributed by atoms with Crippen LogP contribution in [0.5, 0.6) is 0 Å². The molecule has 1 aliphatic carbocycles. The van der Waals surface area contributed by atoms with E-state index < -0.39 is 5.60 Å². The van der Waals surface area contributed by atoms with Gasteiger partial charge in [0.25, 0.3) is 5.91 Å². The van der Waals surface area contributed by atoms with Gasteiger partial charge in [-0.15, -0.1) is 0 Å². The molecule has 1 saturated carbocycles. The maximum absolute atomic E-state index is 15.0.